The highest BCUT2D eigenvalue weighted by Gasteiger charge is 1.90. The fourth-order valence-electron chi connectivity index (χ4n) is 0.776. The molecule has 0 saturated carbocycles. The fraction of sp³-hybridized carbons (Fsp3) is 0.444. The van der Waals surface area contributed by atoms with Crippen molar-refractivity contribution in [2.75, 3.05) is 6.61 Å². The lowest BCUT2D eigenvalue weighted by molar-refractivity contribution is 0.00819. The Balaban J connectivity index is 0.000000364. The van der Waals surface area contributed by atoms with E-state index < -0.39 is 6.68 Å². The third-order valence-electron chi connectivity index (χ3n) is 1.18. The second-order valence-corrected chi connectivity index (χ2v) is 2.31. The standard InChI is InChI=1S/C8H11NO.CHF3/c1-3-10-8-4-5-9-7(2)6-8;2-1(3)4/h4-6H,3H2,1-2H3;1H. The van der Waals surface area contributed by atoms with Gasteiger partial charge in [-0.05, 0) is 19.9 Å². The van der Waals surface area contributed by atoms with Crippen LogP contribution >= 0.6 is 0 Å². The Morgan fingerprint density at radius 3 is 2.43 bits per heavy atom. The third-order valence-corrected chi connectivity index (χ3v) is 1.18. The summed E-state index contributed by atoms with van der Waals surface area (Å²) in [6.07, 6.45) is 1.75. The van der Waals surface area contributed by atoms with Crippen LogP contribution in [0.1, 0.15) is 12.6 Å². The van der Waals surface area contributed by atoms with Crippen LogP contribution in [0.15, 0.2) is 18.3 Å². The molecule has 14 heavy (non-hydrogen) atoms. The van der Waals surface area contributed by atoms with Gasteiger partial charge in [0.1, 0.15) is 5.75 Å². The predicted molar refractivity (Wildman–Crippen MR) is 47.3 cm³/mol. The fourth-order valence-corrected chi connectivity index (χ4v) is 0.776. The molecule has 0 bridgehead atoms. The quantitative estimate of drug-likeness (QED) is 0.743. The zero-order valence-corrected chi connectivity index (χ0v) is 8.01. The average Bonchev–Trinajstić information content (AvgIpc) is 2.03. The molecular weight excluding hydrogens is 195 g/mol. The number of rotatable bonds is 2. The normalized spacial score (nSPS) is 9.29. The molecule has 0 unspecified atom stereocenters. The molecule has 0 radical (unpaired) electrons. The Morgan fingerprint density at radius 1 is 1.43 bits per heavy atom. The maximum Gasteiger partial charge on any atom is 0.379 e. The predicted octanol–water partition coefficient (Wildman–Crippen LogP) is 2.97. The van der Waals surface area contributed by atoms with Gasteiger partial charge in [-0.15, -0.1) is 0 Å². The van der Waals surface area contributed by atoms with Crippen LogP contribution in [0.4, 0.5) is 13.2 Å². The van der Waals surface area contributed by atoms with E-state index in [1.54, 1.807) is 6.20 Å². The SMILES string of the molecule is CCOc1ccnc(C)c1.FC(F)F. The Labute approximate surface area is 80.7 Å². The Bertz CT molecular complexity index is 253. The smallest absolute Gasteiger partial charge is 0.379 e. The maximum absolute atomic E-state index is 9.67. The molecule has 0 N–H and O–H groups in total. The van der Waals surface area contributed by atoms with E-state index in [1.165, 1.54) is 0 Å². The van der Waals surface area contributed by atoms with Crippen LogP contribution in [0.2, 0.25) is 0 Å². The monoisotopic (exact) mass is 207 g/mol. The van der Waals surface area contributed by atoms with Crippen molar-refractivity contribution in [2.24, 2.45) is 0 Å². The molecule has 1 aromatic rings. The van der Waals surface area contributed by atoms with E-state index in [1.807, 2.05) is 26.0 Å². The first kappa shape index (κ1) is 12.7. The summed E-state index contributed by atoms with van der Waals surface area (Å²) in [5, 5.41) is 0. The lowest BCUT2D eigenvalue weighted by Crippen LogP contribution is -1.91. The summed E-state index contributed by atoms with van der Waals surface area (Å²) >= 11 is 0. The van der Waals surface area contributed by atoms with Crippen LogP contribution < -0.4 is 4.74 Å². The zero-order chi connectivity index (χ0) is 11.0. The minimum atomic E-state index is -3.67. The van der Waals surface area contributed by atoms with Crippen LogP contribution in [0.25, 0.3) is 0 Å². The minimum absolute atomic E-state index is 0.712. The van der Waals surface area contributed by atoms with Crippen molar-refractivity contribution < 1.29 is 17.9 Å². The summed E-state index contributed by atoms with van der Waals surface area (Å²) in [6.45, 7) is 0.960. The van der Waals surface area contributed by atoms with Gasteiger partial charge in [0.05, 0.1) is 6.61 Å². The molecule has 2 nitrogen and oxygen atoms in total. The molecule has 0 aliphatic carbocycles. The Kier molecular flexibility index (Phi) is 6.53. The minimum Gasteiger partial charge on any atom is -0.494 e. The number of ether oxygens (including phenoxy) is 1. The second kappa shape index (κ2) is 7.17. The summed E-state index contributed by atoms with van der Waals surface area (Å²) in [4.78, 5) is 4.04. The lowest BCUT2D eigenvalue weighted by Gasteiger charge is -2.01. The van der Waals surface area contributed by atoms with Gasteiger partial charge in [0.2, 0.25) is 0 Å². The van der Waals surface area contributed by atoms with Crippen molar-refractivity contribution >= 4 is 0 Å². The van der Waals surface area contributed by atoms with Gasteiger partial charge >= 0.3 is 6.68 Å². The number of hydrogen-bond donors (Lipinski definition) is 0. The molecule has 1 heterocycles. The first-order valence-corrected chi connectivity index (χ1v) is 4.04. The van der Waals surface area contributed by atoms with Gasteiger partial charge < -0.3 is 4.74 Å². The van der Waals surface area contributed by atoms with Crippen LogP contribution in [0.5, 0.6) is 5.75 Å². The highest BCUT2D eigenvalue weighted by Crippen LogP contribution is 2.09. The molecule has 0 spiro atoms. The second-order valence-electron chi connectivity index (χ2n) is 2.31. The third kappa shape index (κ3) is 7.39. The van der Waals surface area contributed by atoms with Gasteiger partial charge in [0.25, 0.3) is 0 Å². The first-order chi connectivity index (χ1) is 6.56. The van der Waals surface area contributed by atoms with Gasteiger partial charge in [-0.2, -0.15) is 13.2 Å². The van der Waals surface area contributed by atoms with Crippen molar-refractivity contribution in [3.8, 4) is 5.75 Å². The first-order valence-electron chi connectivity index (χ1n) is 4.04. The van der Waals surface area contributed by atoms with E-state index in [-0.39, 0.29) is 0 Å². The number of nitrogens with zero attached hydrogens (tertiary/aromatic N) is 1. The summed E-state index contributed by atoms with van der Waals surface area (Å²) in [6, 6.07) is 3.78. The van der Waals surface area contributed by atoms with Crippen LogP contribution in [-0.2, 0) is 0 Å². The van der Waals surface area contributed by atoms with Gasteiger partial charge in [-0.3, -0.25) is 4.98 Å². The summed E-state index contributed by atoms with van der Waals surface area (Å²) in [7, 11) is 0. The number of pyridine rings is 1. The average molecular weight is 207 g/mol. The van der Waals surface area contributed by atoms with E-state index in [0.717, 1.165) is 11.4 Å². The molecule has 0 aromatic carbocycles. The van der Waals surface area contributed by atoms with E-state index in [2.05, 4.69) is 4.98 Å². The van der Waals surface area contributed by atoms with Gasteiger partial charge in [0, 0.05) is 18.0 Å². The van der Waals surface area contributed by atoms with E-state index in [9.17, 15) is 13.2 Å². The van der Waals surface area contributed by atoms with Crippen LogP contribution in [-0.4, -0.2) is 18.3 Å². The molecule has 1 aromatic heterocycles. The Morgan fingerprint density at radius 2 is 2.00 bits per heavy atom. The molecule has 0 aliphatic heterocycles. The van der Waals surface area contributed by atoms with Crippen LogP contribution in [0.3, 0.4) is 0 Å². The molecule has 5 heteroatoms. The van der Waals surface area contributed by atoms with Gasteiger partial charge in [-0.25, -0.2) is 0 Å². The number of aromatic nitrogens is 1. The Hall–Kier alpha value is -1.26. The maximum atomic E-state index is 9.67. The van der Waals surface area contributed by atoms with Crippen molar-refractivity contribution in [3.05, 3.63) is 24.0 Å². The van der Waals surface area contributed by atoms with Crippen molar-refractivity contribution in [1.82, 2.24) is 4.98 Å². The summed E-state index contributed by atoms with van der Waals surface area (Å²) < 4.78 is 34.2. The van der Waals surface area contributed by atoms with Crippen molar-refractivity contribution in [2.45, 2.75) is 20.5 Å². The highest BCUT2D eigenvalue weighted by atomic mass is 19.4. The molecule has 80 valence electrons. The molecule has 0 saturated heterocycles. The largest absolute Gasteiger partial charge is 0.494 e. The molecule has 1 rings (SSSR count). The van der Waals surface area contributed by atoms with Crippen LogP contribution in [0, 0.1) is 6.92 Å². The molecule has 0 atom stereocenters. The zero-order valence-electron chi connectivity index (χ0n) is 8.01. The highest BCUT2D eigenvalue weighted by molar-refractivity contribution is 5.21. The molecule has 0 amide bonds. The summed E-state index contributed by atoms with van der Waals surface area (Å²) in [5.74, 6) is 0.898. The molecular formula is C9H12F3NO. The van der Waals surface area contributed by atoms with Crippen molar-refractivity contribution in [3.63, 3.8) is 0 Å². The number of alkyl halides is 3. The topological polar surface area (TPSA) is 22.1 Å². The number of aryl methyl sites for hydroxylation is 1. The molecule has 0 aliphatic rings. The van der Waals surface area contributed by atoms with E-state index in [4.69, 9.17) is 4.74 Å². The molecule has 0 fully saturated rings. The van der Waals surface area contributed by atoms with Crippen molar-refractivity contribution in [1.29, 1.82) is 0 Å². The number of halogens is 3. The summed E-state index contributed by atoms with van der Waals surface area (Å²) in [5.41, 5.74) is 0.992. The van der Waals surface area contributed by atoms with Gasteiger partial charge in [0.15, 0.2) is 0 Å². The van der Waals surface area contributed by atoms with E-state index in [0.29, 0.717) is 6.61 Å². The van der Waals surface area contributed by atoms with E-state index >= 15 is 0 Å². The van der Waals surface area contributed by atoms with Gasteiger partial charge in [-0.1, -0.05) is 0 Å². The number of hydrogen-bond acceptors (Lipinski definition) is 2. The lowest BCUT2D eigenvalue weighted by atomic mass is 10.4.